The minimum Gasteiger partial charge on any atom is -0.313 e. The highest BCUT2D eigenvalue weighted by molar-refractivity contribution is 6.31. The van der Waals surface area contributed by atoms with Crippen molar-refractivity contribution in [2.45, 2.75) is 20.0 Å². The van der Waals surface area contributed by atoms with Crippen LogP contribution >= 0.6 is 11.6 Å². The van der Waals surface area contributed by atoms with Gasteiger partial charge in [-0.1, -0.05) is 36.7 Å². The van der Waals surface area contributed by atoms with Crippen LogP contribution < -0.4 is 5.32 Å². The molecular weight excluding hydrogens is 234 g/mol. The van der Waals surface area contributed by atoms with Crippen LogP contribution in [0.25, 0.3) is 0 Å². The van der Waals surface area contributed by atoms with Crippen molar-refractivity contribution in [1.29, 1.82) is 0 Å². The van der Waals surface area contributed by atoms with E-state index in [-0.39, 0.29) is 0 Å². The predicted molar refractivity (Wildman–Crippen MR) is 70.2 cm³/mol. The van der Waals surface area contributed by atoms with Crippen LogP contribution in [-0.4, -0.2) is 16.3 Å². The zero-order chi connectivity index (χ0) is 12.1. The van der Waals surface area contributed by atoms with Crippen molar-refractivity contribution in [3.63, 3.8) is 0 Å². The first-order valence-corrected chi connectivity index (χ1v) is 6.13. The molecular formula is C13H16ClN3. The van der Waals surface area contributed by atoms with Gasteiger partial charge in [0, 0.05) is 23.3 Å². The summed E-state index contributed by atoms with van der Waals surface area (Å²) in [6.45, 7) is 4.63. The molecule has 0 saturated carbocycles. The Kier molecular flexibility index (Phi) is 4.18. The third-order valence-corrected chi connectivity index (χ3v) is 2.92. The summed E-state index contributed by atoms with van der Waals surface area (Å²) in [5, 5.41) is 8.39. The molecule has 2 rings (SSSR count). The highest BCUT2D eigenvalue weighted by atomic mass is 35.5. The molecule has 0 atom stereocenters. The molecule has 0 unspecified atom stereocenters. The molecule has 0 aliphatic rings. The van der Waals surface area contributed by atoms with Gasteiger partial charge in [-0.25, -0.2) is 0 Å². The number of halogens is 1. The van der Waals surface area contributed by atoms with E-state index in [2.05, 4.69) is 17.3 Å². The van der Waals surface area contributed by atoms with E-state index in [1.54, 1.807) is 0 Å². The summed E-state index contributed by atoms with van der Waals surface area (Å²) in [5.41, 5.74) is 2.28. The molecule has 1 aromatic heterocycles. The van der Waals surface area contributed by atoms with E-state index in [0.717, 1.165) is 23.7 Å². The van der Waals surface area contributed by atoms with Gasteiger partial charge >= 0.3 is 0 Å². The van der Waals surface area contributed by atoms with Crippen molar-refractivity contribution < 1.29 is 0 Å². The van der Waals surface area contributed by atoms with E-state index in [4.69, 9.17) is 11.6 Å². The van der Waals surface area contributed by atoms with E-state index >= 15 is 0 Å². The van der Waals surface area contributed by atoms with E-state index in [1.807, 2.05) is 41.3 Å². The Balaban J connectivity index is 2.04. The van der Waals surface area contributed by atoms with Gasteiger partial charge in [0.15, 0.2) is 0 Å². The topological polar surface area (TPSA) is 29.9 Å². The summed E-state index contributed by atoms with van der Waals surface area (Å²) in [6.07, 6.45) is 3.94. The van der Waals surface area contributed by atoms with Gasteiger partial charge in [0.25, 0.3) is 0 Å². The first-order chi connectivity index (χ1) is 8.29. The largest absolute Gasteiger partial charge is 0.313 e. The van der Waals surface area contributed by atoms with Crippen molar-refractivity contribution in [3.8, 4) is 0 Å². The fourth-order valence-electron chi connectivity index (χ4n) is 1.65. The Hall–Kier alpha value is -1.32. The molecule has 17 heavy (non-hydrogen) atoms. The smallest absolute Gasteiger partial charge is 0.0674 e. The second-order valence-corrected chi connectivity index (χ2v) is 4.33. The second kappa shape index (κ2) is 5.84. The maximum Gasteiger partial charge on any atom is 0.0674 e. The van der Waals surface area contributed by atoms with Crippen LogP contribution in [-0.2, 0) is 13.1 Å². The lowest BCUT2D eigenvalue weighted by Crippen LogP contribution is -2.11. The standard InChI is InChI=1S/C13H16ClN3/c1-2-15-7-11-8-16-17(9-11)10-12-5-3-4-6-13(12)14/h3-6,8-9,15H,2,7,10H2,1H3. The number of hydrogen-bond donors (Lipinski definition) is 1. The number of hydrogen-bond acceptors (Lipinski definition) is 2. The minimum atomic E-state index is 0.714. The molecule has 1 N–H and O–H groups in total. The third-order valence-electron chi connectivity index (χ3n) is 2.56. The summed E-state index contributed by atoms with van der Waals surface area (Å²) >= 11 is 6.11. The Morgan fingerprint density at radius 2 is 2.18 bits per heavy atom. The van der Waals surface area contributed by atoms with Crippen molar-refractivity contribution in [2.24, 2.45) is 0 Å². The van der Waals surface area contributed by atoms with Crippen LogP contribution in [0.2, 0.25) is 5.02 Å². The van der Waals surface area contributed by atoms with Crippen LogP contribution in [0.4, 0.5) is 0 Å². The quantitative estimate of drug-likeness (QED) is 0.883. The molecule has 0 radical (unpaired) electrons. The Bertz CT molecular complexity index is 479. The van der Waals surface area contributed by atoms with Gasteiger partial charge in [-0.15, -0.1) is 0 Å². The van der Waals surface area contributed by atoms with Gasteiger partial charge in [0.2, 0.25) is 0 Å². The normalized spacial score (nSPS) is 10.7. The van der Waals surface area contributed by atoms with Crippen LogP contribution in [0.15, 0.2) is 36.7 Å². The molecule has 0 amide bonds. The zero-order valence-corrected chi connectivity index (χ0v) is 10.6. The maximum atomic E-state index is 6.11. The maximum absolute atomic E-state index is 6.11. The molecule has 2 aromatic rings. The zero-order valence-electron chi connectivity index (χ0n) is 9.86. The van der Waals surface area contributed by atoms with Crippen molar-refractivity contribution in [1.82, 2.24) is 15.1 Å². The van der Waals surface area contributed by atoms with Gasteiger partial charge in [-0.3, -0.25) is 4.68 Å². The molecule has 0 saturated heterocycles. The molecule has 0 spiro atoms. The SMILES string of the molecule is CCNCc1cnn(Cc2ccccc2Cl)c1. The fraction of sp³-hybridized carbons (Fsp3) is 0.308. The predicted octanol–water partition coefficient (Wildman–Crippen LogP) is 2.69. The average molecular weight is 250 g/mol. The molecule has 4 heteroatoms. The number of aromatic nitrogens is 2. The molecule has 1 heterocycles. The summed E-state index contributed by atoms with van der Waals surface area (Å²) < 4.78 is 1.91. The van der Waals surface area contributed by atoms with Gasteiger partial charge in [-0.05, 0) is 18.2 Å². The van der Waals surface area contributed by atoms with Crippen molar-refractivity contribution >= 4 is 11.6 Å². The first kappa shape index (κ1) is 12.1. The molecule has 0 bridgehead atoms. The summed E-state index contributed by atoms with van der Waals surface area (Å²) in [4.78, 5) is 0. The Morgan fingerprint density at radius 3 is 2.94 bits per heavy atom. The molecule has 0 aliphatic heterocycles. The minimum absolute atomic E-state index is 0.714. The number of benzene rings is 1. The van der Waals surface area contributed by atoms with E-state index < -0.39 is 0 Å². The monoisotopic (exact) mass is 249 g/mol. The number of nitrogens with zero attached hydrogens (tertiary/aromatic N) is 2. The lowest BCUT2D eigenvalue weighted by Gasteiger charge is -2.03. The second-order valence-electron chi connectivity index (χ2n) is 3.92. The van der Waals surface area contributed by atoms with Gasteiger partial charge < -0.3 is 5.32 Å². The van der Waals surface area contributed by atoms with Gasteiger partial charge in [-0.2, -0.15) is 5.10 Å². The summed E-state index contributed by atoms with van der Waals surface area (Å²) in [5.74, 6) is 0. The van der Waals surface area contributed by atoms with Crippen LogP contribution in [0, 0.1) is 0 Å². The highest BCUT2D eigenvalue weighted by Crippen LogP contribution is 2.15. The van der Waals surface area contributed by atoms with E-state index in [1.165, 1.54) is 5.56 Å². The fourth-order valence-corrected chi connectivity index (χ4v) is 1.85. The Morgan fingerprint density at radius 1 is 1.35 bits per heavy atom. The number of nitrogens with one attached hydrogen (secondary N) is 1. The lowest BCUT2D eigenvalue weighted by atomic mass is 10.2. The summed E-state index contributed by atoms with van der Waals surface area (Å²) in [7, 11) is 0. The average Bonchev–Trinajstić information content (AvgIpc) is 2.77. The Labute approximate surface area is 106 Å². The van der Waals surface area contributed by atoms with Gasteiger partial charge in [0.1, 0.15) is 0 Å². The third kappa shape index (κ3) is 3.32. The van der Waals surface area contributed by atoms with Crippen LogP contribution in [0.1, 0.15) is 18.1 Å². The van der Waals surface area contributed by atoms with E-state index in [9.17, 15) is 0 Å². The molecule has 1 aromatic carbocycles. The van der Waals surface area contributed by atoms with Crippen LogP contribution in [0.3, 0.4) is 0 Å². The lowest BCUT2D eigenvalue weighted by molar-refractivity contribution is 0.683. The van der Waals surface area contributed by atoms with Crippen molar-refractivity contribution in [2.75, 3.05) is 6.54 Å². The van der Waals surface area contributed by atoms with Gasteiger partial charge in [0.05, 0.1) is 12.7 Å². The molecule has 3 nitrogen and oxygen atoms in total. The van der Waals surface area contributed by atoms with Crippen molar-refractivity contribution in [3.05, 3.63) is 52.8 Å². The first-order valence-electron chi connectivity index (χ1n) is 5.75. The van der Waals surface area contributed by atoms with Crippen LogP contribution in [0.5, 0.6) is 0 Å². The number of rotatable bonds is 5. The highest BCUT2D eigenvalue weighted by Gasteiger charge is 2.02. The summed E-state index contributed by atoms with van der Waals surface area (Å²) in [6, 6.07) is 7.85. The molecule has 0 aliphatic carbocycles. The molecule has 0 fully saturated rings. The molecule has 90 valence electrons. The van der Waals surface area contributed by atoms with E-state index in [0.29, 0.717) is 6.54 Å².